The van der Waals surface area contributed by atoms with Crippen molar-refractivity contribution in [1.82, 2.24) is 9.80 Å². The highest BCUT2D eigenvalue weighted by Gasteiger charge is 2.26. The lowest BCUT2D eigenvalue weighted by atomic mass is 10.1. The van der Waals surface area contributed by atoms with Crippen molar-refractivity contribution in [3.8, 4) is 11.5 Å². The quantitative estimate of drug-likeness (QED) is 0.714. The van der Waals surface area contributed by atoms with Gasteiger partial charge in [0.05, 0.1) is 4.90 Å². The second-order valence-corrected chi connectivity index (χ2v) is 9.95. The van der Waals surface area contributed by atoms with E-state index in [9.17, 15) is 18.0 Å². The first-order valence-corrected chi connectivity index (χ1v) is 12.3. The number of nitrogens with zero attached hydrogens (tertiary/aromatic N) is 2. The third kappa shape index (κ3) is 5.05. The van der Waals surface area contributed by atoms with Crippen LogP contribution in [-0.2, 0) is 14.8 Å². The molecule has 0 saturated carbocycles. The lowest BCUT2D eigenvalue weighted by Crippen LogP contribution is -2.51. The molecule has 33 heavy (non-hydrogen) atoms. The molecule has 0 aromatic heterocycles. The number of hydrogen-bond donors (Lipinski definition) is 1. The fourth-order valence-corrected chi connectivity index (χ4v) is 4.86. The molecule has 0 radical (unpaired) electrons. The number of benzene rings is 2. The number of amides is 2. The Morgan fingerprint density at radius 2 is 1.58 bits per heavy atom. The van der Waals surface area contributed by atoms with Crippen LogP contribution in [0.25, 0.3) is 0 Å². The summed E-state index contributed by atoms with van der Waals surface area (Å²) in [6.07, 6.45) is 0. The van der Waals surface area contributed by atoms with E-state index >= 15 is 0 Å². The normalized spacial score (nSPS) is 16.0. The average molecular weight is 474 g/mol. The van der Waals surface area contributed by atoms with Crippen LogP contribution in [0.4, 0.5) is 5.69 Å². The monoisotopic (exact) mass is 473 g/mol. The fraction of sp³-hybridized carbons (Fsp3) is 0.391. The minimum atomic E-state index is -3.89. The van der Waals surface area contributed by atoms with Crippen LogP contribution >= 0.6 is 0 Å². The minimum Gasteiger partial charge on any atom is -0.486 e. The number of sulfonamides is 1. The summed E-state index contributed by atoms with van der Waals surface area (Å²) < 4.78 is 39.2. The van der Waals surface area contributed by atoms with Crippen molar-refractivity contribution in [1.29, 1.82) is 0 Å². The first-order chi connectivity index (χ1) is 15.7. The van der Waals surface area contributed by atoms with E-state index in [1.807, 2.05) is 13.8 Å². The van der Waals surface area contributed by atoms with Gasteiger partial charge in [-0.3, -0.25) is 14.3 Å². The average Bonchev–Trinajstić information content (AvgIpc) is 2.82. The number of nitrogens with one attached hydrogen (secondary N) is 1. The van der Waals surface area contributed by atoms with Gasteiger partial charge in [-0.15, -0.1) is 0 Å². The summed E-state index contributed by atoms with van der Waals surface area (Å²) in [7, 11) is -3.89. The molecular formula is C23H27N3O6S. The van der Waals surface area contributed by atoms with Crippen LogP contribution in [0.15, 0.2) is 47.4 Å². The van der Waals surface area contributed by atoms with E-state index in [0.29, 0.717) is 56.5 Å². The number of hydrogen-bond acceptors (Lipinski definition) is 6. The SMILES string of the molecule is CC(C)C(=O)N1CCN(C(=O)c2cccc(NS(=O)(=O)c3ccc4c(c3)OCCO4)c2)CC1. The van der Waals surface area contributed by atoms with Gasteiger partial charge in [-0.2, -0.15) is 0 Å². The first-order valence-electron chi connectivity index (χ1n) is 10.9. The molecule has 1 fully saturated rings. The zero-order chi connectivity index (χ0) is 23.6. The predicted molar refractivity (Wildman–Crippen MR) is 122 cm³/mol. The van der Waals surface area contributed by atoms with E-state index in [2.05, 4.69) is 4.72 Å². The largest absolute Gasteiger partial charge is 0.486 e. The van der Waals surface area contributed by atoms with Crippen LogP contribution < -0.4 is 14.2 Å². The number of carbonyl (C=O) groups excluding carboxylic acids is 2. The zero-order valence-electron chi connectivity index (χ0n) is 18.6. The molecule has 2 amide bonds. The second-order valence-electron chi connectivity index (χ2n) is 8.26. The molecule has 2 heterocycles. The Bertz CT molecular complexity index is 1160. The van der Waals surface area contributed by atoms with E-state index < -0.39 is 10.0 Å². The van der Waals surface area contributed by atoms with Gasteiger partial charge in [0, 0.05) is 49.4 Å². The summed E-state index contributed by atoms with van der Waals surface area (Å²) in [5, 5.41) is 0. The van der Waals surface area contributed by atoms with Gasteiger partial charge in [-0.1, -0.05) is 19.9 Å². The third-order valence-electron chi connectivity index (χ3n) is 5.56. The van der Waals surface area contributed by atoms with Gasteiger partial charge in [0.1, 0.15) is 13.2 Å². The van der Waals surface area contributed by atoms with Crippen LogP contribution in [0.5, 0.6) is 11.5 Å². The summed E-state index contributed by atoms with van der Waals surface area (Å²) >= 11 is 0. The van der Waals surface area contributed by atoms with E-state index in [1.54, 1.807) is 34.1 Å². The maximum absolute atomic E-state index is 13.0. The molecule has 0 spiro atoms. The molecule has 4 rings (SSSR count). The Labute approximate surface area is 193 Å². The van der Waals surface area contributed by atoms with Crippen LogP contribution in [0.1, 0.15) is 24.2 Å². The minimum absolute atomic E-state index is 0.0365. The Balaban J connectivity index is 1.45. The maximum Gasteiger partial charge on any atom is 0.262 e. The molecule has 2 aliphatic rings. The zero-order valence-corrected chi connectivity index (χ0v) is 19.4. The van der Waals surface area contributed by atoms with Crippen molar-refractivity contribution in [2.45, 2.75) is 18.7 Å². The second kappa shape index (κ2) is 9.30. The van der Waals surface area contributed by atoms with Crippen LogP contribution in [0.2, 0.25) is 0 Å². The van der Waals surface area contributed by atoms with Crippen LogP contribution in [-0.4, -0.2) is 69.4 Å². The maximum atomic E-state index is 13.0. The smallest absolute Gasteiger partial charge is 0.262 e. The Morgan fingerprint density at radius 1 is 0.909 bits per heavy atom. The molecule has 1 N–H and O–H groups in total. The molecule has 10 heteroatoms. The van der Waals surface area contributed by atoms with Crippen molar-refractivity contribution in [2.24, 2.45) is 5.92 Å². The van der Waals surface area contributed by atoms with E-state index in [0.717, 1.165) is 0 Å². The van der Waals surface area contributed by atoms with Crippen molar-refractivity contribution in [3.05, 3.63) is 48.0 Å². The number of carbonyl (C=O) groups is 2. The molecule has 2 aromatic rings. The van der Waals surface area contributed by atoms with Gasteiger partial charge in [0.15, 0.2) is 11.5 Å². The molecule has 176 valence electrons. The van der Waals surface area contributed by atoms with Crippen molar-refractivity contribution in [2.75, 3.05) is 44.1 Å². The molecule has 2 aliphatic heterocycles. The van der Waals surface area contributed by atoms with Crippen molar-refractivity contribution < 1.29 is 27.5 Å². The van der Waals surface area contributed by atoms with Gasteiger partial charge >= 0.3 is 0 Å². The highest BCUT2D eigenvalue weighted by Crippen LogP contribution is 2.32. The molecular weight excluding hydrogens is 446 g/mol. The predicted octanol–water partition coefficient (Wildman–Crippen LogP) is 2.20. The van der Waals surface area contributed by atoms with E-state index in [4.69, 9.17) is 9.47 Å². The van der Waals surface area contributed by atoms with Crippen molar-refractivity contribution in [3.63, 3.8) is 0 Å². The van der Waals surface area contributed by atoms with Gasteiger partial charge in [-0.05, 0) is 30.3 Å². The molecule has 0 aliphatic carbocycles. The van der Waals surface area contributed by atoms with E-state index in [1.165, 1.54) is 18.2 Å². The number of anilines is 1. The number of piperazine rings is 1. The Morgan fingerprint density at radius 3 is 2.27 bits per heavy atom. The van der Waals surface area contributed by atoms with Crippen LogP contribution in [0, 0.1) is 5.92 Å². The first kappa shape index (κ1) is 22.9. The summed E-state index contributed by atoms with van der Waals surface area (Å²) in [4.78, 5) is 28.6. The Kier molecular flexibility index (Phi) is 6.46. The molecule has 9 nitrogen and oxygen atoms in total. The lowest BCUT2D eigenvalue weighted by molar-refractivity contribution is -0.135. The number of ether oxygens (including phenoxy) is 2. The molecule has 2 aromatic carbocycles. The number of rotatable bonds is 5. The van der Waals surface area contributed by atoms with Gasteiger partial charge in [0.2, 0.25) is 5.91 Å². The standard InChI is InChI=1S/C23H27N3O6S/c1-16(2)22(27)25-8-10-26(11-9-25)23(28)17-4-3-5-18(14-17)24-33(29,30)19-6-7-20-21(15-19)32-13-12-31-20/h3-7,14-16,24H,8-13H2,1-2H3. The van der Waals surface area contributed by atoms with Gasteiger partial charge < -0.3 is 19.3 Å². The third-order valence-corrected chi connectivity index (χ3v) is 6.94. The molecule has 0 atom stereocenters. The molecule has 0 unspecified atom stereocenters. The summed E-state index contributed by atoms with van der Waals surface area (Å²) in [5.74, 6) is 0.682. The summed E-state index contributed by atoms with van der Waals surface area (Å²) in [6.45, 7) is 6.33. The number of fused-ring (bicyclic) bond motifs is 1. The molecule has 1 saturated heterocycles. The highest BCUT2D eigenvalue weighted by molar-refractivity contribution is 7.92. The topological polar surface area (TPSA) is 105 Å². The summed E-state index contributed by atoms with van der Waals surface area (Å²) in [5.41, 5.74) is 0.658. The lowest BCUT2D eigenvalue weighted by Gasteiger charge is -2.35. The summed E-state index contributed by atoms with van der Waals surface area (Å²) in [6, 6.07) is 10.8. The highest BCUT2D eigenvalue weighted by atomic mass is 32.2. The van der Waals surface area contributed by atoms with Crippen LogP contribution in [0.3, 0.4) is 0 Å². The van der Waals surface area contributed by atoms with Gasteiger partial charge in [-0.25, -0.2) is 8.42 Å². The molecule has 0 bridgehead atoms. The fourth-order valence-electron chi connectivity index (χ4n) is 3.80. The van der Waals surface area contributed by atoms with Gasteiger partial charge in [0.25, 0.3) is 15.9 Å². The Hall–Kier alpha value is -3.27. The van der Waals surface area contributed by atoms with Crippen molar-refractivity contribution >= 4 is 27.5 Å². The van der Waals surface area contributed by atoms with E-state index in [-0.39, 0.29) is 28.3 Å².